The van der Waals surface area contributed by atoms with Crippen LogP contribution in [0.15, 0.2) is 103 Å². The maximum atomic E-state index is 11.0. The Morgan fingerprint density at radius 2 is 1.23 bits per heavy atom. The monoisotopic (exact) mass is 529 g/mol. The zero-order valence-corrected chi connectivity index (χ0v) is 21.1. The van der Waals surface area contributed by atoms with Crippen LogP contribution in [0.25, 0.3) is 66.1 Å². The minimum atomic E-state index is -2.92. The molecular weight excluding hydrogens is 511 g/mol. The predicted molar refractivity (Wildman–Crippen MR) is 150 cm³/mol. The molecule has 4 aromatic heterocycles. The lowest BCUT2D eigenvalue weighted by Gasteiger charge is -2.10. The van der Waals surface area contributed by atoms with Gasteiger partial charge in [-0.15, -0.1) is 4.89 Å². The summed E-state index contributed by atoms with van der Waals surface area (Å²) in [4.78, 5) is 33.1. The highest BCUT2D eigenvalue weighted by molar-refractivity contribution is 7.31. The minimum Gasteiger partial charge on any atom is -0.290 e. The molecule has 7 rings (SSSR count). The normalized spacial score (nSPS) is 11.9. The van der Waals surface area contributed by atoms with Crippen LogP contribution >= 0.6 is 8.25 Å². The van der Waals surface area contributed by atoms with Crippen molar-refractivity contribution in [1.29, 1.82) is 0 Å². The number of hydrogen-bond donors (Lipinski definition) is 1. The van der Waals surface area contributed by atoms with E-state index in [0.29, 0.717) is 16.4 Å². The van der Waals surface area contributed by atoms with Crippen LogP contribution < -0.4 is 4.89 Å². The van der Waals surface area contributed by atoms with Crippen LogP contribution in [0.5, 0.6) is 5.75 Å². The first-order valence-corrected chi connectivity index (χ1v) is 13.2. The summed E-state index contributed by atoms with van der Waals surface area (Å²) < 4.78 is 15.5. The second-order valence-corrected chi connectivity index (χ2v) is 9.55. The van der Waals surface area contributed by atoms with Crippen LogP contribution in [-0.4, -0.2) is 24.8 Å². The molecule has 4 heterocycles. The van der Waals surface area contributed by atoms with Gasteiger partial charge in [-0.05, 0) is 42.5 Å². The molecule has 0 aliphatic carbocycles. The van der Waals surface area contributed by atoms with Gasteiger partial charge in [0.1, 0.15) is 10.2 Å². The fourth-order valence-electron chi connectivity index (χ4n) is 4.81. The molecule has 0 fully saturated rings. The number of benzene rings is 3. The molecule has 0 radical (unpaired) electrons. The van der Waals surface area contributed by atoms with Crippen molar-refractivity contribution >= 4 is 51.9 Å². The predicted octanol–water partition coefficient (Wildman–Crippen LogP) is 7.17. The molecule has 7 aromatic rings. The first-order valence-electron chi connectivity index (χ1n) is 12.1. The molecule has 0 amide bonds. The van der Waals surface area contributed by atoms with Crippen LogP contribution in [0.4, 0.5) is 0 Å². The number of pyridine rings is 4. The highest BCUT2D eigenvalue weighted by Crippen LogP contribution is 2.35. The zero-order valence-electron chi connectivity index (χ0n) is 20.2. The topological polar surface area (TPSA) is 107 Å². The molecule has 0 aliphatic heterocycles. The lowest BCUT2D eigenvalue weighted by Crippen LogP contribution is -1.94. The smallest absolute Gasteiger partial charge is 0.290 e. The van der Waals surface area contributed by atoms with Crippen molar-refractivity contribution in [2.75, 3.05) is 0 Å². The quantitative estimate of drug-likeness (QED) is 0.108. The van der Waals surface area contributed by atoms with Gasteiger partial charge in [0.15, 0.2) is 5.75 Å². The van der Waals surface area contributed by atoms with Gasteiger partial charge in [0.25, 0.3) is 0 Å². The van der Waals surface area contributed by atoms with Gasteiger partial charge >= 0.3 is 8.25 Å². The van der Waals surface area contributed by atoms with Crippen molar-refractivity contribution in [2.24, 2.45) is 0 Å². The first kappa shape index (κ1) is 23.3. The molecule has 0 spiro atoms. The molecule has 0 aliphatic rings. The Morgan fingerprint density at radius 3 is 1.97 bits per heavy atom. The molecule has 1 atom stereocenters. The van der Waals surface area contributed by atoms with Crippen molar-refractivity contribution in [1.82, 2.24) is 19.9 Å². The molecule has 0 saturated heterocycles. The van der Waals surface area contributed by atoms with Crippen molar-refractivity contribution in [3.63, 3.8) is 0 Å². The summed E-state index contributed by atoms with van der Waals surface area (Å²) in [5, 5.41) is 3.45. The Kier molecular flexibility index (Phi) is 5.64. The van der Waals surface area contributed by atoms with E-state index in [4.69, 9.17) is 19.7 Å². The Morgan fingerprint density at radius 1 is 0.615 bits per heavy atom. The van der Waals surface area contributed by atoms with Gasteiger partial charge in [-0.1, -0.05) is 48.5 Å². The van der Waals surface area contributed by atoms with Gasteiger partial charge in [0, 0.05) is 49.6 Å². The number of fused-ring (bicyclic) bond motifs is 6. The van der Waals surface area contributed by atoms with E-state index in [2.05, 4.69) is 38.9 Å². The Balaban J connectivity index is 1.33. The highest BCUT2D eigenvalue weighted by Gasteiger charge is 2.19. The summed E-state index contributed by atoms with van der Waals surface area (Å²) >= 11 is 0. The molecular formula is C30H18N4O4P+. The van der Waals surface area contributed by atoms with Crippen LogP contribution in [-0.2, 0) is 9.24 Å². The van der Waals surface area contributed by atoms with Crippen molar-refractivity contribution in [3.8, 4) is 28.3 Å². The van der Waals surface area contributed by atoms with Crippen molar-refractivity contribution in [3.05, 3.63) is 103 Å². The fourth-order valence-corrected chi connectivity index (χ4v) is 4.96. The number of aromatic nitrogens is 4. The second kappa shape index (κ2) is 9.45. The van der Waals surface area contributed by atoms with Gasteiger partial charge < -0.3 is 0 Å². The van der Waals surface area contributed by atoms with Gasteiger partial charge in [-0.2, -0.15) is 0 Å². The molecule has 186 valence electrons. The van der Waals surface area contributed by atoms with Crippen LogP contribution in [0.3, 0.4) is 0 Å². The van der Waals surface area contributed by atoms with E-state index in [0.717, 1.165) is 49.7 Å². The maximum absolute atomic E-state index is 11.0. The van der Waals surface area contributed by atoms with Crippen LogP contribution in [0.2, 0.25) is 0 Å². The molecule has 8 nitrogen and oxygen atoms in total. The SMILES string of the molecule is O=[P+](O)OOc1cc2ccc(-c3cccc(-c4ccc5ccc6cccnc6c5n4)c3)nc2c2ncccc12. The first-order chi connectivity index (χ1) is 19.1. The fraction of sp³-hybridized carbons (Fsp3) is 0. The van der Waals surface area contributed by atoms with Crippen LogP contribution in [0.1, 0.15) is 0 Å². The summed E-state index contributed by atoms with van der Waals surface area (Å²) in [6.07, 6.45) is 3.45. The molecule has 3 aromatic carbocycles. The van der Waals surface area contributed by atoms with E-state index in [-0.39, 0.29) is 5.75 Å². The summed E-state index contributed by atoms with van der Waals surface area (Å²) in [5.41, 5.74) is 6.52. The van der Waals surface area contributed by atoms with Gasteiger partial charge in [-0.25, -0.2) is 9.97 Å². The summed E-state index contributed by atoms with van der Waals surface area (Å²) in [5.74, 6) is 0.281. The van der Waals surface area contributed by atoms with Crippen molar-refractivity contribution in [2.45, 2.75) is 0 Å². The Labute approximate surface area is 222 Å². The average Bonchev–Trinajstić information content (AvgIpc) is 2.99. The third-order valence-corrected chi connectivity index (χ3v) is 6.79. The van der Waals surface area contributed by atoms with E-state index in [1.807, 2.05) is 48.5 Å². The molecule has 0 saturated carbocycles. The zero-order chi connectivity index (χ0) is 26.3. The number of nitrogens with zero attached hydrogens (tertiary/aromatic N) is 4. The maximum Gasteiger partial charge on any atom is 0.735 e. The number of hydrogen-bond acceptors (Lipinski definition) is 7. The molecule has 1 N–H and O–H groups in total. The van der Waals surface area contributed by atoms with Gasteiger partial charge in [-0.3, -0.25) is 14.9 Å². The lowest BCUT2D eigenvalue weighted by molar-refractivity contribution is -0.0997. The van der Waals surface area contributed by atoms with E-state index in [9.17, 15) is 4.57 Å². The second-order valence-electron chi connectivity index (χ2n) is 8.93. The van der Waals surface area contributed by atoms with E-state index in [1.54, 1.807) is 30.6 Å². The van der Waals surface area contributed by atoms with E-state index < -0.39 is 8.25 Å². The highest BCUT2D eigenvalue weighted by atomic mass is 31.1. The lowest BCUT2D eigenvalue weighted by atomic mass is 10.0. The van der Waals surface area contributed by atoms with Gasteiger partial charge in [0.05, 0.1) is 27.9 Å². The summed E-state index contributed by atoms with van der Waals surface area (Å²) in [6, 6.07) is 29.4. The largest absolute Gasteiger partial charge is 0.735 e. The molecule has 1 unspecified atom stereocenters. The summed E-state index contributed by atoms with van der Waals surface area (Å²) in [6.45, 7) is 0. The summed E-state index contributed by atoms with van der Waals surface area (Å²) in [7, 11) is -2.92. The average molecular weight is 529 g/mol. The molecule has 9 heteroatoms. The Hall–Kier alpha value is -4.88. The molecule has 0 bridgehead atoms. The standard InChI is InChI=1S/C30H17N4O4P/c35-39(36)38-37-26-17-22-11-13-25(34-29(22)30-23(26)7-3-15-32-30)21-5-1-4-20(16-21)24-12-10-19-9-8-18-6-2-14-31-27(18)28(19)33-24/h1-17H/p+1. The van der Waals surface area contributed by atoms with Crippen molar-refractivity contribution < 1.29 is 19.0 Å². The van der Waals surface area contributed by atoms with Gasteiger partial charge in [0.2, 0.25) is 0 Å². The Bertz CT molecular complexity index is 2080. The minimum absolute atomic E-state index is 0.281. The van der Waals surface area contributed by atoms with E-state index >= 15 is 0 Å². The third kappa shape index (κ3) is 4.23. The number of rotatable bonds is 5. The molecule has 39 heavy (non-hydrogen) atoms. The van der Waals surface area contributed by atoms with Crippen LogP contribution in [0, 0.1) is 0 Å². The van der Waals surface area contributed by atoms with E-state index in [1.165, 1.54) is 0 Å². The third-order valence-electron chi connectivity index (χ3n) is 6.59.